The number of methoxy groups -OCH3 is 1. The zero-order valence-corrected chi connectivity index (χ0v) is 19.7. The fourth-order valence-electron chi connectivity index (χ4n) is 3.38. The molecule has 2 aromatic heterocycles. The number of ether oxygens (including phenoxy) is 1. The number of hydrogen-bond donors (Lipinski definition) is 2. The first-order valence-electron chi connectivity index (χ1n) is 10.0. The minimum Gasteiger partial charge on any atom is -0.465 e. The second-order valence-corrected chi connectivity index (χ2v) is 10.4. The highest BCUT2D eigenvalue weighted by Gasteiger charge is 2.27. The summed E-state index contributed by atoms with van der Waals surface area (Å²) in [6.07, 6.45) is 3.88. The number of anilines is 2. The number of fused-ring (bicyclic) bond motifs is 1. The number of carbonyl (C=O) groups is 2. The topological polar surface area (TPSA) is 93.2 Å². The van der Waals surface area contributed by atoms with Gasteiger partial charge in [-0.3, -0.25) is 4.79 Å². The van der Waals surface area contributed by atoms with E-state index in [0.29, 0.717) is 26.6 Å². The highest BCUT2D eigenvalue weighted by molar-refractivity contribution is 8.01. The summed E-state index contributed by atoms with van der Waals surface area (Å²) in [6.45, 7) is 0.499. The van der Waals surface area contributed by atoms with Crippen LogP contribution in [0.4, 0.5) is 14.5 Å². The molecular weight excluding hydrogens is 471 g/mol. The van der Waals surface area contributed by atoms with Gasteiger partial charge in [0.05, 0.1) is 18.4 Å². The minimum absolute atomic E-state index is 0.149. The molecule has 1 aromatic carbocycles. The van der Waals surface area contributed by atoms with Gasteiger partial charge >= 0.3 is 5.97 Å². The summed E-state index contributed by atoms with van der Waals surface area (Å²) in [5.74, 6) is -0.748. The zero-order chi connectivity index (χ0) is 22.5. The zero-order valence-electron chi connectivity index (χ0n) is 17.3. The van der Waals surface area contributed by atoms with E-state index in [1.54, 1.807) is 12.1 Å². The molecule has 0 fully saturated rings. The van der Waals surface area contributed by atoms with Crippen LogP contribution in [-0.2, 0) is 28.9 Å². The molecule has 0 saturated heterocycles. The third-order valence-electron chi connectivity index (χ3n) is 4.90. The number of hydrogen-bond acceptors (Lipinski definition) is 9. The Bertz CT molecular complexity index is 1110. The summed E-state index contributed by atoms with van der Waals surface area (Å²) in [7, 11) is 1.35. The Balaban J connectivity index is 1.32. The molecule has 32 heavy (non-hydrogen) atoms. The van der Waals surface area contributed by atoms with Crippen LogP contribution in [0.15, 0.2) is 28.6 Å². The molecule has 7 nitrogen and oxygen atoms in total. The SMILES string of the molecule is COC(=O)c1c(NC(=O)CSc2nnc(NCc3ccc(F)cc3)s2)sc2c1CCCC2. The summed E-state index contributed by atoms with van der Waals surface area (Å²) < 4.78 is 18.6. The predicted molar refractivity (Wildman–Crippen MR) is 125 cm³/mol. The second kappa shape index (κ2) is 10.4. The van der Waals surface area contributed by atoms with E-state index in [1.807, 2.05) is 0 Å². The van der Waals surface area contributed by atoms with Crippen LogP contribution in [0.5, 0.6) is 0 Å². The summed E-state index contributed by atoms with van der Waals surface area (Å²) in [5, 5.41) is 15.4. The minimum atomic E-state index is -0.409. The molecule has 0 radical (unpaired) electrons. The average Bonchev–Trinajstić information content (AvgIpc) is 3.40. The highest BCUT2D eigenvalue weighted by Crippen LogP contribution is 2.38. The van der Waals surface area contributed by atoms with E-state index in [-0.39, 0.29) is 17.5 Å². The number of halogens is 1. The number of aromatic nitrogens is 2. The number of carbonyl (C=O) groups excluding carboxylic acids is 2. The number of aryl methyl sites for hydroxylation is 1. The van der Waals surface area contributed by atoms with E-state index in [2.05, 4.69) is 20.8 Å². The Labute approximate surface area is 196 Å². The van der Waals surface area contributed by atoms with Crippen molar-refractivity contribution < 1.29 is 18.7 Å². The predicted octanol–water partition coefficient (Wildman–Crippen LogP) is 4.75. The van der Waals surface area contributed by atoms with Gasteiger partial charge in [0.2, 0.25) is 11.0 Å². The molecule has 0 bridgehead atoms. The van der Waals surface area contributed by atoms with Gasteiger partial charge in [0, 0.05) is 11.4 Å². The number of thiophene rings is 1. The van der Waals surface area contributed by atoms with E-state index in [4.69, 9.17) is 4.74 Å². The van der Waals surface area contributed by atoms with Gasteiger partial charge in [-0.05, 0) is 48.9 Å². The van der Waals surface area contributed by atoms with Crippen LogP contribution in [-0.4, -0.2) is 34.9 Å². The lowest BCUT2D eigenvalue weighted by Gasteiger charge is -2.11. The van der Waals surface area contributed by atoms with Gasteiger partial charge in [-0.1, -0.05) is 35.2 Å². The normalized spacial score (nSPS) is 12.8. The number of nitrogens with zero attached hydrogens (tertiary/aromatic N) is 2. The highest BCUT2D eigenvalue weighted by atomic mass is 32.2. The number of rotatable bonds is 8. The molecule has 4 rings (SSSR count). The number of nitrogens with one attached hydrogen (secondary N) is 2. The van der Waals surface area contributed by atoms with Crippen molar-refractivity contribution >= 4 is 56.4 Å². The van der Waals surface area contributed by atoms with E-state index < -0.39 is 5.97 Å². The van der Waals surface area contributed by atoms with Crippen molar-refractivity contribution in [3.8, 4) is 0 Å². The molecule has 11 heteroatoms. The fraction of sp³-hybridized carbons (Fsp3) is 0.333. The summed E-state index contributed by atoms with van der Waals surface area (Å²) in [4.78, 5) is 26.0. The maximum Gasteiger partial charge on any atom is 0.341 e. The first kappa shape index (κ1) is 22.7. The van der Waals surface area contributed by atoms with Crippen LogP contribution in [0.2, 0.25) is 0 Å². The van der Waals surface area contributed by atoms with Crippen molar-refractivity contribution in [2.75, 3.05) is 23.5 Å². The monoisotopic (exact) mass is 492 g/mol. The Morgan fingerprint density at radius 1 is 1.16 bits per heavy atom. The molecule has 0 aliphatic heterocycles. The summed E-state index contributed by atoms with van der Waals surface area (Å²) >= 11 is 4.08. The van der Waals surface area contributed by atoms with Crippen molar-refractivity contribution in [1.29, 1.82) is 0 Å². The molecule has 1 aliphatic carbocycles. The molecular formula is C21H21FN4O3S3. The van der Waals surface area contributed by atoms with Gasteiger partial charge in [0.1, 0.15) is 10.8 Å². The average molecular weight is 493 g/mol. The second-order valence-electron chi connectivity index (χ2n) is 7.10. The third kappa shape index (κ3) is 5.45. The summed E-state index contributed by atoms with van der Waals surface area (Å²) in [5.41, 5.74) is 2.43. The number of esters is 1. The largest absolute Gasteiger partial charge is 0.465 e. The van der Waals surface area contributed by atoms with Gasteiger partial charge in [-0.2, -0.15) is 0 Å². The summed E-state index contributed by atoms with van der Waals surface area (Å²) in [6, 6.07) is 6.22. The quantitative estimate of drug-likeness (QED) is 0.346. The number of thioether (sulfide) groups is 1. The van der Waals surface area contributed by atoms with Crippen LogP contribution in [0, 0.1) is 5.82 Å². The van der Waals surface area contributed by atoms with E-state index >= 15 is 0 Å². The van der Waals surface area contributed by atoms with Crippen LogP contribution < -0.4 is 10.6 Å². The van der Waals surface area contributed by atoms with Crippen LogP contribution in [0.1, 0.15) is 39.2 Å². The number of amides is 1. The maximum atomic E-state index is 13.0. The van der Waals surface area contributed by atoms with E-state index in [0.717, 1.165) is 41.7 Å². The molecule has 3 aromatic rings. The van der Waals surface area contributed by atoms with Crippen LogP contribution >= 0.6 is 34.4 Å². The van der Waals surface area contributed by atoms with Gasteiger partial charge in [0.25, 0.3) is 0 Å². The van der Waals surface area contributed by atoms with Crippen molar-refractivity contribution in [3.63, 3.8) is 0 Å². The first-order chi connectivity index (χ1) is 15.5. The molecule has 2 heterocycles. The Kier molecular flexibility index (Phi) is 7.38. The standard InChI is InChI=1S/C21H21FN4O3S3/c1-29-19(28)17-14-4-2-3-5-15(14)31-18(17)24-16(27)11-30-21-26-25-20(32-21)23-10-12-6-8-13(22)9-7-12/h6-9H,2-5,10-11H2,1H3,(H,23,25)(H,24,27). The van der Waals surface area contributed by atoms with Gasteiger partial charge in [-0.15, -0.1) is 21.5 Å². The molecule has 1 aliphatic rings. The van der Waals surface area contributed by atoms with E-state index in [9.17, 15) is 14.0 Å². The maximum absolute atomic E-state index is 13.0. The molecule has 0 unspecified atom stereocenters. The molecule has 2 N–H and O–H groups in total. The molecule has 0 atom stereocenters. The lowest BCUT2D eigenvalue weighted by molar-refractivity contribution is -0.113. The van der Waals surface area contributed by atoms with Crippen molar-refractivity contribution in [2.45, 2.75) is 36.6 Å². The lowest BCUT2D eigenvalue weighted by Crippen LogP contribution is -2.16. The first-order valence-corrected chi connectivity index (χ1v) is 12.6. The fourth-order valence-corrected chi connectivity index (χ4v) is 6.22. The van der Waals surface area contributed by atoms with Gasteiger partial charge < -0.3 is 15.4 Å². The molecule has 168 valence electrons. The molecule has 0 spiro atoms. The van der Waals surface area contributed by atoms with Gasteiger partial charge in [-0.25, -0.2) is 9.18 Å². The van der Waals surface area contributed by atoms with E-state index in [1.165, 1.54) is 53.7 Å². The van der Waals surface area contributed by atoms with Gasteiger partial charge in [0.15, 0.2) is 4.34 Å². The smallest absolute Gasteiger partial charge is 0.341 e. The third-order valence-corrected chi connectivity index (χ3v) is 8.13. The molecule has 0 saturated carbocycles. The molecule has 1 amide bonds. The Morgan fingerprint density at radius 2 is 1.94 bits per heavy atom. The van der Waals surface area contributed by atoms with Crippen LogP contribution in [0.25, 0.3) is 0 Å². The Hall–Kier alpha value is -2.50. The van der Waals surface area contributed by atoms with Crippen molar-refractivity contribution in [1.82, 2.24) is 10.2 Å². The van der Waals surface area contributed by atoms with Crippen molar-refractivity contribution in [2.24, 2.45) is 0 Å². The lowest BCUT2D eigenvalue weighted by atomic mass is 9.95. The van der Waals surface area contributed by atoms with Crippen molar-refractivity contribution in [3.05, 3.63) is 51.7 Å². The Morgan fingerprint density at radius 3 is 2.72 bits per heavy atom. The number of benzene rings is 1. The van der Waals surface area contributed by atoms with Crippen LogP contribution in [0.3, 0.4) is 0 Å².